The molecule has 2 unspecified atom stereocenters. The molecule has 0 spiro atoms. The molecule has 0 saturated carbocycles. The van der Waals surface area contributed by atoms with Crippen molar-refractivity contribution in [1.29, 1.82) is 0 Å². The monoisotopic (exact) mass is 408 g/mol. The zero-order chi connectivity index (χ0) is 19.9. The maximum atomic E-state index is 12.7. The summed E-state index contributed by atoms with van der Waals surface area (Å²) in [6.45, 7) is 1.61. The van der Waals surface area contributed by atoms with Crippen LogP contribution >= 0.6 is 11.3 Å². The number of para-hydroxylation sites is 2. The van der Waals surface area contributed by atoms with Crippen LogP contribution < -0.4 is 20.3 Å². The van der Waals surface area contributed by atoms with Gasteiger partial charge in [0.05, 0.1) is 5.69 Å². The van der Waals surface area contributed by atoms with Crippen LogP contribution in [0.3, 0.4) is 0 Å². The largest absolute Gasteiger partial charge is 0.433 e. The number of hydrogen-bond donors (Lipinski definition) is 2. The van der Waals surface area contributed by atoms with E-state index in [0.29, 0.717) is 18.2 Å². The Labute approximate surface area is 168 Å². The third-order valence-electron chi connectivity index (χ3n) is 4.86. The van der Waals surface area contributed by atoms with E-state index < -0.39 is 6.61 Å². The molecule has 1 aliphatic rings. The van der Waals surface area contributed by atoms with Gasteiger partial charge in [-0.25, -0.2) is 0 Å². The first kappa shape index (κ1) is 20.4. The number of ether oxygens (including phenoxy) is 1. The minimum absolute atomic E-state index is 0.183. The van der Waals surface area contributed by atoms with Crippen molar-refractivity contribution < 1.29 is 13.5 Å². The quantitative estimate of drug-likeness (QED) is 0.539. The topological polar surface area (TPSA) is 48.9 Å². The molecule has 28 heavy (non-hydrogen) atoms. The average Bonchev–Trinajstić information content (AvgIpc) is 3.37. The highest BCUT2D eigenvalue weighted by atomic mass is 32.1. The number of nitrogens with zero attached hydrogens (tertiary/aromatic N) is 2. The molecule has 2 heterocycles. The van der Waals surface area contributed by atoms with E-state index >= 15 is 0 Å². The number of guanidine groups is 1. The molecule has 2 aromatic rings. The average molecular weight is 409 g/mol. The lowest BCUT2D eigenvalue weighted by Crippen LogP contribution is -2.45. The Morgan fingerprint density at radius 3 is 2.89 bits per heavy atom. The minimum atomic E-state index is -2.83. The fourth-order valence-corrected chi connectivity index (χ4v) is 4.10. The first-order valence-corrected chi connectivity index (χ1v) is 10.3. The first-order chi connectivity index (χ1) is 13.6. The van der Waals surface area contributed by atoms with E-state index in [0.717, 1.165) is 25.5 Å². The van der Waals surface area contributed by atoms with Gasteiger partial charge in [-0.05, 0) is 46.9 Å². The fourth-order valence-electron chi connectivity index (χ4n) is 3.32. The van der Waals surface area contributed by atoms with Crippen molar-refractivity contribution >= 4 is 23.0 Å². The van der Waals surface area contributed by atoms with Crippen molar-refractivity contribution in [1.82, 2.24) is 10.6 Å². The highest BCUT2D eigenvalue weighted by Crippen LogP contribution is 2.31. The maximum absolute atomic E-state index is 12.7. The summed E-state index contributed by atoms with van der Waals surface area (Å²) in [6, 6.07) is 9.25. The summed E-state index contributed by atoms with van der Waals surface area (Å²) >= 11 is 1.70. The highest BCUT2D eigenvalue weighted by molar-refractivity contribution is 7.07. The molecule has 2 atom stereocenters. The first-order valence-electron chi connectivity index (χ1n) is 9.35. The predicted octanol–water partition coefficient (Wildman–Crippen LogP) is 3.90. The van der Waals surface area contributed by atoms with Crippen LogP contribution in [0.5, 0.6) is 5.75 Å². The van der Waals surface area contributed by atoms with E-state index in [9.17, 15) is 8.78 Å². The number of alkyl halides is 2. The summed E-state index contributed by atoms with van der Waals surface area (Å²) in [5.74, 6) is 1.36. The Morgan fingerprint density at radius 1 is 1.36 bits per heavy atom. The van der Waals surface area contributed by atoms with Gasteiger partial charge in [0.2, 0.25) is 0 Å². The molecule has 0 amide bonds. The van der Waals surface area contributed by atoms with Crippen molar-refractivity contribution in [2.24, 2.45) is 4.99 Å². The SMILES string of the molecule is CN=C(NCC(C)c1ccsc1)NC1CCN(c2ccccc2OC(F)F)C1. The normalized spacial score (nSPS) is 18.4. The number of hydrogen-bond acceptors (Lipinski definition) is 4. The van der Waals surface area contributed by atoms with Gasteiger partial charge in [0, 0.05) is 32.7 Å². The van der Waals surface area contributed by atoms with E-state index in [4.69, 9.17) is 0 Å². The molecule has 2 N–H and O–H groups in total. The molecule has 3 rings (SSSR count). The van der Waals surface area contributed by atoms with Crippen molar-refractivity contribution in [3.8, 4) is 5.75 Å². The Balaban J connectivity index is 1.54. The van der Waals surface area contributed by atoms with E-state index in [1.165, 1.54) is 5.56 Å². The minimum Gasteiger partial charge on any atom is -0.433 e. The van der Waals surface area contributed by atoms with Gasteiger partial charge in [0.15, 0.2) is 5.96 Å². The lowest BCUT2D eigenvalue weighted by atomic mass is 10.1. The molecule has 1 aromatic carbocycles. The van der Waals surface area contributed by atoms with E-state index in [-0.39, 0.29) is 11.8 Å². The molecule has 0 aliphatic carbocycles. The lowest BCUT2D eigenvalue weighted by Gasteiger charge is -2.23. The third-order valence-corrected chi connectivity index (χ3v) is 5.56. The van der Waals surface area contributed by atoms with Crippen molar-refractivity contribution in [2.75, 3.05) is 31.6 Å². The van der Waals surface area contributed by atoms with Crippen molar-refractivity contribution in [3.05, 3.63) is 46.7 Å². The fraction of sp³-hybridized carbons (Fsp3) is 0.450. The molecule has 1 saturated heterocycles. The maximum Gasteiger partial charge on any atom is 0.387 e. The van der Waals surface area contributed by atoms with Gasteiger partial charge in [-0.2, -0.15) is 20.1 Å². The van der Waals surface area contributed by atoms with Crippen LogP contribution in [0.25, 0.3) is 0 Å². The number of rotatable bonds is 7. The van der Waals surface area contributed by atoms with E-state index in [1.807, 2.05) is 12.1 Å². The standard InChI is InChI=1S/C20H26F2N4OS/c1-14(15-8-10-28-13-15)11-24-20(23-2)25-16-7-9-26(12-16)17-5-3-4-6-18(17)27-19(21)22/h3-6,8,10,13-14,16,19H,7,9,11-12H2,1-2H3,(H2,23,24,25). The van der Waals surface area contributed by atoms with Gasteiger partial charge in [-0.3, -0.25) is 4.99 Å². The summed E-state index contributed by atoms with van der Waals surface area (Å²) < 4.78 is 30.0. The summed E-state index contributed by atoms with van der Waals surface area (Å²) in [7, 11) is 1.75. The number of aliphatic imine (C=N–C) groups is 1. The highest BCUT2D eigenvalue weighted by Gasteiger charge is 2.26. The van der Waals surface area contributed by atoms with Gasteiger partial charge < -0.3 is 20.3 Å². The summed E-state index contributed by atoms with van der Waals surface area (Å²) in [5, 5.41) is 11.1. The number of halogens is 2. The zero-order valence-corrected chi connectivity index (χ0v) is 16.9. The Morgan fingerprint density at radius 2 is 2.18 bits per heavy atom. The molecular weight excluding hydrogens is 382 g/mol. The predicted molar refractivity (Wildman–Crippen MR) is 111 cm³/mol. The van der Waals surface area contributed by atoms with Crippen LogP contribution in [0.1, 0.15) is 24.8 Å². The molecule has 8 heteroatoms. The number of thiophene rings is 1. The van der Waals surface area contributed by atoms with Crippen molar-refractivity contribution in [2.45, 2.75) is 31.9 Å². The van der Waals surface area contributed by atoms with Gasteiger partial charge in [-0.15, -0.1) is 0 Å². The molecular formula is C20H26F2N4OS. The molecule has 1 fully saturated rings. The van der Waals surface area contributed by atoms with Crippen LogP contribution in [0.15, 0.2) is 46.1 Å². The molecule has 152 valence electrons. The lowest BCUT2D eigenvalue weighted by molar-refractivity contribution is -0.0495. The number of anilines is 1. The summed E-state index contributed by atoms with van der Waals surface area (Å²) in [6.07, 6.45) is 0.893. The van der Waals surface area contributed by atoms with Gasteiger partial charge >= 0.3 is 6.61 Å². The van der Waals surface area contributed by atoms with Gasteiger partial charge in [0.25, 0.3) is 0 Å². The second-order valence-electron chi connectivity index (χ2n) is 6.83. The van der Waals surface area contributed by atoms with E-state index in [2.05, 4.69) is 49.0 Å². The van der Waals surface area contributed by atoms with Gasteiger partial charge in [0.1, 0.15) is 5.75 Å². The number of nitrogens with one attached hydrogen (secondary N) is 2. The second kappa shape index (κ2) is 9.73. The Kier molecular flexibility index (Phi) is 7.08. The van der Waals surface area contributed by atoms with Crippen LogP contribution in [-0.2, 0) is 0 Å². The van der Waals surface area contributed by atoms with Gasteiger partial charge in [-0.1, -0.05) is 19.1 Å². The summed E-state index contributed by atoms with van der Waals surface area (Å²) in [4.78, 5) is 6.38. The van der Waals surface area contributed by atoms with Crippen LogP contribution in [0.4, 0.5) is 14.5 Å². The van der Waals surface area contributed by atoms with E-state index in [1.54, 1.807) is 30.5 Å². The van der Waals surface area contributed by atoms with Crippen LogP contribution in [-0.4, -0.2) is 45.3 Å². The zero-order valence-electron chi connectivity index (χ0n) is 16.1. The molecule has 0 radical (unpaired) electrons. The molecule has 1 aromatic heterocycles. The molecule has 1 aliphatic heterocycles. The smallest absolute Gasteiger partial charge is 0.387 e. The van der Waals surface area contributed by atoms with Crippen molar-refractivity contribution in [3.63, 3.8) is 0 Å². The Bertz CT molecular complexity index is 769. The molecule has 5 nitrogen and oxygen atoms in total. The summed E-state index contributed by atoms with van der Waals surface area (Å²) in [5.41, 5.74) is 2.01. The van der Waals surface area contributed by atoms with Crippen LogP contribution in [0.2, 0.25) is 0 Å². The molecule has 0 bridgehead atoms. The second-order valence-corrected chi connectivity index (χ2v) is 7.61. The third kappa shape index (κ3) is 5.34. The van der Waals surface area contributed by atoms with Crippen LogP contribution in [0, 0.1) is 0 Å². The number of benzene rings is 1. The Hall–Kier alpha value is -2.35.